The van der Waals surface area contributed by atoms with Crippen LogP contribution in [-0.2, 0) is 24.1 Å². The molecule has 3 aromatic rings. The molecule has 0 aliphatic carbocycles. The van der Waals surface area contributed by atoms with Crippen molar-refractivity contribution in [2.75, 3.05) is 31.1 Å². The van der Waals surface area contributed by atoms with Crippen molar-refractivity contribution in [1.82, 2.24) is 24.5 Å². The van der Waals surface area contributed by atoms with Crippen molar-refractivity contribution >= 4 is 17.5 Å². The van der Waals surface area contributed by atoms with Crippen LogP contribution >= 0.6 is 0 Å². The number of piperazine rings is 1. The van der Waals surface area contributed by atoms with Gasteiger partial charge >= 0.3 is 0 Å². The highest BCUT2D eigenvalue weighted by Gasteiger charge is 2.23. The number of hydrogen-bond acceptors (Lipinski definition) is 5. The Bertz CT molecular complexity index is 1040. The first-order chi connectivity index (χ1) is 14.6. The number of carbonyl (C=O) groups is 1. The summed E-state index contributed by atoms with van der Waals surface area (Å²) in [5.41, 5.74) is 1.88. The molecule has 7 nitrogen and oxygen atoms in total. The highest BCUT2D eigenvalue weighted by Crippen LogP contribution is 2.20. The summed E-state index contributed by atoms with van der Waals surface area (Å²) in [5, 5.41) is 8.54. The second-order valence-electron chi connectivity index (χ2n) is 7.64. The number of carbonyl (C=O) groups excluding carboxylic acids is 1. The molecule has 3 heterocycles. The van der Waals surface area contributed by atoms with Crippen LogP contribution in [0.15, 0.2) is 30.3 Å². The average Bonchev–Trinajstić information content (AvgIpc) is 3.17. The van der Waals surface area contributed by atoms with Gasteiger partial charge in [0, 0.05) is 44.4 Å². The van der Waals surface area contributed by atoms with Crippen molar-refractivity contribution in [3.05, 3.63) is 53.2 Å². The van der Waals surface area contributed by atoms with E-state index >= 15 is 0 Å². The van der Waals surface area contributed by atoms with Gasteiger partial charge in [-0.2, -0.15) is 4.98 Å². The van der Waals surface area contributed by atoms with Crippen molar-refractivity contribution < 1.29 is 9.18 Å². The van der Waals surface area contributed by atoms with Gasteiger partial charge in [0.15, 0.2) is 0 Å². The van der Waals surface area contributed by atoms with Gasteiger partial charge < -0.3 is 9.80 Å². The highest BCUT2D eigenvalue weighted by atomic mass is 19.1. The molecule has 1 aliphatic heterocycles. The van der Waals surface area contributed by atoms with Crippen molar-refractivity contribution in [2.24, 2.45) is 0 Å². The van der Waals surface area contributed by atoms with E-state index in [0.29, 0.717) is 37.5 Å². The number of hydrogen-bond donors (Lipinski definition) is 0. The molecule has 1 aliphatic rings. The first kappa shape index (κ1) is 20.3. The second-order valence-corrected chi connectivity index (χ2v) is 7.64. The van der Waals surface area contributed by atoms with E-state index in [2.05, 4.69) is 39.4 Å². The van der Waals surface area contributed by atoms with Gasteiger partial charge in [-0.25, -0.2) is 4.39 Å². The molecule has 0 unspecified atom stereocenters. The maximum absolute atomic E-state index is 13.4. The maximum atomic E-state index is 13.4. The first-order valence-electron chi connectivity index (χ1n) is 10.6. The minimum Gasteiger partial charge on any atom is -0.353 e. The van der Waals surface area contributed by atoms with Gasteiger partial charge in [-0.15, -0.1) is 10.2 Å². The van der Waals surface area contributed by atoms with Gasteiger partial charge in [-0.05, 0) is 24.1 Å². The van der Waals surface area contributed by atoms with Crippen LogP contribution < -0.4 is 4.90 Å². The van der Waals surface area contributed by atoms with E-state index in [4.69, 9.17) is 4.98 Å². The minimum absolute atomic E-state index is 0.0281. The third-order valence-corrected chi connectivity index (χ3v) is 5.53. The van der Waals surface area contributed by atoms with Gasteiger partial charge in [-0.1, -0.05) is 32.4 Å². The van der Waals surface area contributed by atoms with E-state index in [-0.39, 0.29) is 18.1 Å². The molecule has 1 fully saturated rings. The molecule has 1 aromatic carbocycles. The summed E-state index contributed by atoms with van der Waals surface area (Å²) in [6, 6.07) is 8.37. The lowest BCUT2D eigenvalue weighted by atomic mass is 10.1. The van der Waals surface area contributed by atoms with E-state index < -0.39 is 0 Å². The van der Waals surface area contributed by atoms with E-state index in [9.17, 15) is 9.18 Å². The Morgan fingerprint density at radius 2 is 1.90 bits per heavy atom. The number of fused-ring (bicyclic) bond motifs is 1. The topological polar surface area (TPSA) is 66.6 Å². The standard InChI is InChI=1S/C22H27FN6O/c1-3-6-18-15-20(24-22-26-25-19(4-2)29(18)22)27-9-11-28(12-10-27)21(30)14-16-7-5-8-17(23)13-16/h5,7-8,13,15H,3-4,6,9-12,14H2,1-2H3. The summed E-state index contributed by atoms with van der Waals surface area (Å²) in [6.07, 6.45) is 3.00. The molecule has 1 amide bonds. The molecule has 0 N–H and O–H groups in total. The quantitative estimate of drug-likeness (QED) is 0.625. The summed E-state index contributed by atoms with van der Waals surface area (Å²) >= 11 is 0. The zero-order chi connectivity index (χ0) is 21.1. The van der Waals surface area contributed by atoms with Crippen LogP contribution in [0.4, 0.5) is 10.2 Å². The highest BCUT2D eigenvalue weighted by molar-refractivity contribution is 5.79. The third-order valence-electron chi connectivity index (χ3n) is 5.53. The summed E-state index contributed by atoms with van der Waals surface area (Å²) in [5.74, 6) is 2.17. The van der Waals surface area contributed by atoms with Crippen molar-refractivity contribution in [3.63, 3.8) is 0 Å². The van der Waals surface area contributed by atoms with Crippen molar-refractivity contribution in [1.29, 1.82) is 0 Å². The Balaban J connectivity index is 1.46. The van der Waals surface area contributed by atoms with E-state index in [1.54, 1.807) is 12.1 Å². The molecule has 0 spiro atoms. The lowest BCUT2D eigenvalue weighted by Gasteiger charge is -2.35. The van der Waals surface area contributed by atoms with E-state index in [1.807, 2.05) is 4.90 Å². The molecule has 4 rings (SSSR count). The van der Waals surface area contributed by atoms with Crippen LogP contribution in [0.2, 0.25) is 0 Å². The number of halogens is 1. The van der Waals surface area contributed by atoms with Gasteiger partial charge in [0.1, 0.15) is 17.5 Å². The smallest absolute Gasteiger partial charge is 0.257 e. The number of anilines is 1. The number of aryl methyl sites for hydroxylation is 2. The maximum Gasteiger partial charge on any atom is 0.257 e. The molecule has 1 saturated heterocycles. The largest absolute Gasteiger partial charge is 0.353 e. The van der Waals surface area contributed by atoms with Crippen LogP contribution in [0.25, 0.3) is 5.78 Å². The fraction of sp³-hybridized carbons (Fsp3) is 0.455. The molecule has 158 valence electrons. The van der Waals surface area contributed by atoms with Crippen LogP contribution in [-0.4, -0.2) is 56.6 Å². The van der Waals surface area contributed by atoms with Crippen molar-refractivity contribution in [2.45, 2.75) is 39.5 Å². The summed E-state index contributed by atoms with van der Waals surface area (Å²) in [6.45, 7) is 6.88. The number of aromatic nitrogens is 4. The lowest BCUT2D eigenvalue weighted by Crippen LogP contribution is -2.49. The molecule has 0 saturated carbocycles. The third kappa shape index (κ3) is 4.13. The van der Waals surface area contributed by atoms with Gasteiger partial charge in [-0.3, -0.25) is 9.20 Å². The molecule has 2 aromatic heterocycles. The summed E-state index contributed by atoms with van der Waals surface area (Å²) in [7, 11) is 0. The molecule has 8 heteroatoms. The minimum atomic E-state index is -0.311. The van der Waals surface area contributed by atoms with Gasteiger partial charge in [0.25, 0.3) is 5.78 Å². The van der Waals surface area contributed by atoms with Crippen LogP contribution in [0.5, 0.6) is 0 Å². The fourth-order valence-corrected chi connectivity index (χ4v) is 3.97. The Morgan fingerprint density at radius 3 is 2.60 bits per heavy atom. The Kier molecular flexibility index (Phi) is 5.92. The molecule has 0 bridgehead atoms. The predicted octanol–water partition coefficient (Wildman–Crippen LogP) is 2.67. The monoisotopic (exact) mass is 410 g/mol. The van der Waals surface area contributed by atoms with Gasteiger partial charge in [0.05, 0.1) is 6.42 Å². The summed E-state index contributed by atoms with van der Waals surface area (Å²) < 4.78 is 15.4. The number of nitrogens with zero attached hydrogens (tertiary/aromatic N) is 6. The first-order valence-corrected chi connectivity index (χ1v) is 10.6. The number of benzene rings is 1. The Morgan fingerprint density at radius 1 is 1.10 bits per heavy atom. The average molecular weight is 410 g/mol. The zero-order valence-electron chi connectivity index (χ0n) is 17.5. The molecule has 30 heavy (non-hydrogen) atoms. The van der Waals surface area contributed by atoms with E-state index in [0.717, 1.165) is 30.9 Å². The fourth-order valence-electron chi connectivity index (χ4n) is 3.97. The molecule has 0 atom stereocenters. The summed E-state index contributed by atoms with van der Waals surface area (Å²) in [4.78, 5) is 21.4. The molecular formula is C22H27FN6O. The second kappa shape index (κ2) is 8.77. The normalized spacial score (nSPS) is 14.5. The molecule has 0 radical (unpaired) electrons. The predicted molar refractivity (Wildman–Crippen MR) is 113 cm³/mol. The van der Waals surface area contributed by atoms with Crippen molar-refractivity contribution in [3.8, 4) is 0 Å². The molecular weight excluding hydrogens is 383 g/mol. The SMILES string of the molecule is CCCc1cc(N2CCN(C(=O)Cc3cccc(F)c3)CC2)nc2nnc(CC)n12. The van der Waals surface area contributed by atoms with Crippen LogP contribution in [0, 0.1) is 5.82 Å². The Hall–Kier alpha value is -3.03. The van der Waals surface area contributed by atoms with E-state index in [1.165, 1.54) is 17.8 Å². The number of rotatable bonds is 6. The lowest BCUT2D eigenvalue weighted by molar-refractivity contribution is -0.130. The van der Waals surface area contributed by atoms with Crippen LogP contribution in [0.1, 0.15) is 37.4 Å². The number of amides is 1. The Labute approximate surface area is 175 Å². The zero-order valence-corrected chi connectivity index (χ0v) is 17.5. The van der Waals surface area contributed by atoms with Crippen LogP contribution in [0.3, 0.4) is 0 Å². The van der Waals surface area contributed by atoms with Gasteiger partial charge in [0.2, 0.25) is 5.91 Å².